The third-order valence-corrected chi connectivity index (χ3v) is 8.04. The van der Waals surface area contributed by atoms with E-state index in [2.05, 4.69) is 60.5 Å². The van der Waals surface area contributed by atoms with E-state index < -0.39 is 10.0 Å². The number of anilines is 1. The molecule has 0 saturated carbocycles. The predicted molar refractivity (Wildman–Crippen MR) is 129 cm³/mol. The van der Waals surface area contributed by atoms with Crippen LogP contribution in [0.3, 0.4) is 0 Å². The first kappa shape index (κ1) is 23.2. The maximum Gasteiger partial charge on any atom is 0.240 e. The fourth-order valence-electron chi connectivity index (χ4n) is 4.55. The highest BCUT2D eigenvalue weighted by Gasteiger charge is 2.27. The number of nitrogens with one attached hydrogen (secondary N) is 1. The molecule has 32 heavy (non-hydrogen) atoms. The van der Waals surface area contributed by atoms with Gasteiger partial charge in [-0.3, -0.25) is 4.90 Å². The quantitative estimate of drug-likeness (QED) is 0.721. The van der Waals surface area contributed by atoms with Crippen LogP contribution in [0.1, 0.15) is 43.5 Å². The molecule has 2 aliphatic heterocycles. The highest BCUT2D eigenvalue weighted by atomic mass is 32.2. The zero-order chi connectivity index (χ0) is 22.9. The van der Waals surface area contributed by atoms with Crippen LogP contribution in [-0.2, 0) is 26.6 Å². The lowest BCUT2D eigenvalue weighted by Crippen LogP contribution is -2.43. The summed E-state index contributed by atoms with van der Waals surface area (Å²) >= 11 is 0. The van der Waals surface area contributed by atoms with Crippen molar-refractivity contribution >= 4 is 15.7 Å². The molecule has 2 aliphatic rings. The summed E-state index contributed by atoms with van der Waals surface area (Å²) in [4.78, 5) is 4.91. The first-order valence-corrected chi connectivity index (χ1v) is 12.9. The fraction of sp³-hybridized carbons (Fsp3) is 0.520. The lowest BCUT2D eigenvalue weighted by molar-refractivity contribution is 0.0172. The van der Waals surface area contributed by atoms with Gasteiger partial charge in [0.05, 0.1) is 18.1 Å². The van der Waals surface area contributed by atoms with Crippen molar-refractivity contribution in [2.45, 2.75) is 43.5 Å². The number of sulfonamides is 1. The van der Waals surface area contributed by atoms with E-state index in [0.717, 1.165) is 37.2 Å². The molecule has 2 heterocycles. The van der Waals surface area contributed by atoms with Crippen LogP contribution in [0.5, 0.6) is 0 Å². The molecule has 0 radical (unpaired) electrons. The number of benzene rings is 2. The smallest absolute Gasteiger partial charge is 0.240 e. The van der Waals surface area contributed by atoms with Crippen LogP contribution in [0, 0.1) is 0 Å². The minimum Gasteiger partial charge on any atom is -0.379 e. The molecule has 174 valence electrons. The largest absolute Gasteiger partial charge is 0.379 e. The molecule has 1 N–H and O–H groups in total. The molecular weight excluding hydrogens is 422 g/mol. The second kappa shape index (κ2) is 9.14. The number of fused-ring (bicyclic) bond motifs is 1. The molecule has 0 aromatic heterocycles. The van der Waals surface area contributed by atoms with E-state index in [1.807, 2.05) is 12.1 Å². The van der Waals surface area contributed by atoms with E-state index in [1.54, 1.807) is 12.1 Å². The molecule has 0 amide bonds. The van der Waals surface area contributed by atoms with Gasteiger partial charge in [-0.2, -0.15) is 0 Å². The van der Waals surface area contributed by atoms with Crippen molar-refractivity contribution in [2.24, 2.45) is 0 Å². The summed E-state index contributed by atoms with van der Waals surface area (Å²) in [6.45, 7) is 10.7. The van der Waals surface area contributed by atoms with Crippen LogP contribution >= 0.6 is 0 Å². The van der Waals surface area contributed by atoms with Crippen LogP contribution in [0.25, 0.3) is 0 Å². The molecule has 7 heteroatoms. The zero-order valence-corrected chi connectivity index (χ0v) is 20.4. The van der Waals surface area contributed by atoms with Gasteiger partial charge in [0.15, 0.2) is 0 Å². The van der Waals surface area contributed by atoms with E-state index in [-0.39, 0.29) is 11.5 Å². The Morgan fingerprint density at radius 3 is 2.38 bits per heavy atom. The van der Waals surface area contributed by atoms with E-state index in [1.165, 1.54) is 11.3 Å². The van der Waals surface area contributed by atoms with Gasteiger partial charge in [-0.05, 0) is 46.7 Å². The summed E-state index contributed by atoms with van der Waals surface area (Å²) in [6.07, 6.45) is 1.03. The van der Waals surface area contributed by atoms with Crippen molar-refractivity contribution in [3.05, 3.63) is 59.2 Å². The Morgan fingerprint density at radius 2 is 1.72 bits per heavy atom. The molecule has 0 spiro atoms. The number of likely N-dealkylation sites (N-methyl/N-ethyl adjacent to an activating group) is 1. The maximum absolute atomic E-state index is 13.1. The molecule has 1 fully saturated rings. The van der Waals surface area contributed by atoms with Crippen LogP contribution in [0.2, 0.25) is 0 Å². The Morgan fingerprint density at radius 1 is 1.03 bits per heavy atom. The Hall–Kier alpha value is -1.93. The summed E-state index contributed by atoms with van der Waals surface area (Å²) < 4.78 is 34.6. The van der Waals surface area contributed by atoms with Crippen LogP contribution < -0.4 is 9.62 Å². The maximum atomic E-state index is 13.1. The molecule has 0 bridgehead atoms. The minimum absolute atomic E-state index is 0.0151. The Kier molecular flexibility index (Phi) is 6.63. The van der Waals surface area contributed by atoms with Crippen molar-refractivity contribution in [1.29, 1.82) is 0 Å². The van der Waals surface area contributed by atoms with Gasteiger partial charge in [0.1, 0.15) is 0 Å². The number of morpholine rings is 1. The standard InChI is InChI=1S/C25H35N3O3S/c1-25(2,3)21-6-8-22(9-7-21)32(29,30)26-18-24(28-13-15-31-16-14-28)19-5-10-23-20(17-19)11-12-27(23)4/h5-10,17,24,26H,11-16,18H2,1-4H3/t24-/m1/s1. The van der Waals surface area contributed by atoms with Gasteiger partial charge in [0.25, 0.3) is 0 Å². The number of ether oxygens (including phenoxy) is 1. The zero-order valence-electron chi connectivity index (χ0n) is 19.6. The number of hydrogen-bond donors (Lipinski definition) is 1. The van der Waals surface area contributed by atoms with Gasteiger partial charge >= 0.3 is 0 Å². The summed E-state index contributed by atoms with van der Waals surface area (Å²) in [7, 11) is -1.49. The van der Waals surface area contributed by atoms with Gasteiger partial charge in [-0.25, -0.2) is 13.1 Å². The molecule has 2 aromatic carbocycles. The third kappa shape index (κ3) is 5.01. The third-order valence-electron chi connectivity index (χ3n) is 6.60. The van der Waals surface area contributed by atoms with Gasteiger partial charge in [-0.1, -0.05) is 45.0 Å². The van der Waals surface area contributed by atoms with E-state index in [4.69, 9.17) is 4.74 Å². The number of nitrogens with zero attached hydrogens (tertiary/aromatic N) is 2. The Balaban J connectivity index is 1.55. The summed E-state index contributed by atoms with van der Waals surface area (Å²) in [5.41, 5.74) is 4.87. The fourth-order valence-corrected chi connectivity index (χ4v) is 5.59. The average Bonchev–Trinajstić information content (AvgIpc) is 3.14. The monoisotopic (exact) mass is 457 g/mol. The van der Waals surface area contributed by atoms with Gasteiger partial charge < -0.3 is 9.64 Å². The highest BCUT2D eigenvalue weighted by molar-refractivity contribution is 7.89. The van der Waals surface area contributed by atoms with Crippen molar-refractivity contribution in [1.82, 2.24) is 9.62 Å². The number of rotatable bonds is 6. The Bertz CT molecular complexity index is 1040. The van der Waals surface area contributed by atoms with Gasteiger partial charge in [0, 0.05) is 45.0 Å². The van der Waals surface area contributed by atoms with E-state index in [9.17, 15) is 8.42 Å². The molecule has 0 aliphatic carbocycles. The summed E-state index contributed by atoms with van der Waals surface area (Å²) in [5, 5.41) is 0. The minimum atomic E-state index is -3.60. The van der Waals surface area contributed by atoms with Crippen LogP contribution in [0.15, 0.2) is 47.4 Å². The van der Waals surface area contributed by atoms with Crippen molar-refractivity contribution in [3.63, 3.8) is 0 Å². The molecule has 4 rings (SSSR count). The molecule has 2 aromatic rings. The molecular formula is C25H35N3O3S. The van der Waals surface area contributed by atoms with Crippen LogP contribution in [-0.4, -0.2) is 59.8 Å². The van der Waals surface area contributed by atoms with Gasteiger partial charge in [0.2, 0.25) is 10.0 Å². The van der Waals surface area contributed by atoms with Crippen molar-refractivity contribution in [2.75, 3.05) is 51.3 Å². The lowest BCUT2D eigenvalue weighted by atomic mass is 9.87. The van der Waals surface area contributed by atoms with Crippen molar-refractivity contribution < 1.29 is 13.2 Å². The lowest BCUT2D eigenvalue weighted by Gasteiger charge is -2.35. The normalized spacial score (nSPS) is 18.6. The second-order valence-corrected chi connectivity index (χ2v) is 11.6. The second-order valence-electron chi connectivity index (χ2n) is 9.85. The topological polar surface area (TPSA) is 61.9 Å². The molecule has 6 nitrogen and oxygen atoms in total. The average molecular weight is 458 g/mol. The van der Waals surface area contributed by atoms with Crippen LogP contribution in [0.4, 0.5) is 5.69 Å². The SMILES string of the molecule is CN1CCc2cc([C@@H](CNS(=O)(=O)c3ccc(C(C)(C)C)cc3)N3CCOCC3)ccc21. The Labute approximate surface area is 192 Å². The predicted octanol–water partition coefficient (Wildman–Crippen LogP) is 3.33. The van der Waals surface area contributed by atoms with E-state index in [0.29, 0.717) is 24.7 Å². The summed E-state index contributed by atoms with van der Waals surface area (Å²) in [6, 6.07) is 13.8. The summed E-state index contributed by atoms with van der Waals surface area (Å²) in [5.74, 6) is 0. The van der Waals surface area contributed by atoms with E-state index >= 15 is 0 Å². The highest BCUT2D eigenvalue weighted by Crippen LogP contribution is 2.31. The molecule has 1 atom stereocenters. The first-order valence-electron chi connectivity index (χ1n) is 11.4. The van der Waals surface area contributed by atoms with Crippen molar-refractivity contribution in [3.8, 4) is 0 Å². The van der Waals surface area contributed by atoms with Gasteiger partial charge in [-0.15, -0.1) is 0 Å². The molecule has 1 saturated heterocycles. The molecule has 0 unspecified atom stereocenters. The first-order chi connectivity index (χ1) is 15.1. The number of hydrogen-bond acceptors (Lipinski definition) is 5.